The lowest BCUT2D eigenvalue weighted by atomic mass is 9.54. The Morgan fingerprint density at radius 1 is 1.43 bits per heavy atom. The Morgan fingerprint density at radius 3 is 2.57 bits per heavy atom. The highest BCUT2D eigenvalue weighted by atomic mass is 79.9. The Labute approximate surface area is 134 Å². The molecule has 1 amide bonds. The third-order valence-electron chi connectivity index (χ3n) is 4.60. The maximum atomic E-state index is 12.5. The van der Waals surface area contributed by atoms with Gasteiger partial charge in [-0.05, 0) is 24.6 Å². The molecular weight excluding hydrogens is 332 g/mol. The molecule has 1 fully saturated rings. The van der Waals surface area contributed by atoms with E-state index in [9.17, 15) is 4.79 Å². The van der Waals surface area contributed by atoms with Gasteiger partial charge in [0.25, 0.3) is 0 Å². The fraction of sp³-hybridized carbons (Fsp3) is 0.562. The quantitative estimate of drug-likeness (QED) is 0.853. The number of nitrogens with two attached hydrogens (primary N) is 1. The van der Waals surface area contributed by atoms with Crippen LogP contribution in [0.5, 0.6) is 0 Å². The van der Waals surface area contributed by atoms with Crippen molar-refractivity contribution in [2.45, 2.75) is 45.4 Å². The molecule has 1 aromatic carbocycles. The Hall–Kier alpha value is -0.910. The Morgan fingerprint density at radius 2 is 2.05 bits per heavy atom. The molecule has 2 atom stereocenters. The molecule has 0 spiro atoms. The molecule has 0 radical (unpaired) electrons. The molecule has 3 N–H and O–H groups in total. The van der Waals surface area contributed by atoms with Crippen LogP contribution in [0.4, 0.5) is 0 Å². The van der Waals surface area contributed by atoms with Gasteiger partial charge in [-0.25, -0.2) is 0 Å². The SMILES string of the molecule is CCOC1CC(N)(C(=O)NCc2ccc(Br)cc2)C1(C)C. The average molecular weight is 355 g/mol. The van der Waals surface area contributed by atoms with Gasteiger partial charge < -0.3 is 15.8 Å². The second-order valence-corrected chi connectivity index (χ2v) is 7.07. The Bertz CT molecular complexity index is 516. The van der Waals surface area contributed by atoms with Gasteiger partial charge in [0.15, 0.2) is 0 Å². The van der Waals surface area contributed by atoms with Gasteiger partial charge in [-0.2, -0.15) is 0 Å². The second-order valence-electron chi connectivity index (χ2n) is 6.15. The number of halogens is 1. The van der Waals surface area contributed by atoms with Gasteiger partial charge in [-0.1, -0.05) is 41.9 Å². The van der Waals surface area contributed by atoms with Gasteiger partial charge in [-0.15, -0.1) is 0 Å². The number of hydrogen-bond acceptors (Lipinski definition) is 3. The van der Waals surface area contributed by atoms with E-state index in [1.165, 1.54) is 0 Å². The van der Waals surface area contributed by atoms with Crippen LogP contribution >= 0.6 is 15.9 Å². The first kappa shape index (κ1) is 16.5. The van der Waals surface area contributed by atoms with Gasteiger partial charge in [0.2, 0.25) is 5.91 Å². The third-order valence-corrected chi connectivity index (χ3v) is 5.13. The Kier molecular flexibility index (Phi) is 4.76. The Balaban J connectivity index is 1.96. The van der Waals surface area contributed by atoms with Crippen molar-refractivity contribution in [2.24, 2.45) is 11.1 Å². The van der Waals surface area contributed by atoms with Crippen LogP contribution in [0, 0.1) is 5.41 Å². The van der Waals surface area contributed by atoms with Crippen molar-refractivity contribution in [3.8, 4) is 0 Å². The summed E-state index contributed by atoms with van der Waals surface area (Å²) in [6.07, 6.45) is 0.617. The summed E-state index contributed by atoms with van der Waals surface area (Å²) in [5.41, 5.74) is 6.17. The number of hydrogen-bond donors (Lipinski definition) is 2. The van der Waals surface area contributed by atoms with Crippen LogP contribution in [-0.2, 0) is 16.1 Å². The molecule has 4 nitrogen and oxygen atoms in total. The van der Waals surface area contributed by atoms with Gasteiger partial charge in [0.1, 0.15) is 5.54 Å². The third kappa shape index (κ3) is 3.00. The zero-order chi connectivity index (χ0) is 15.7. The molecule has 1 aliphatic carbocycles. The number of nitrogens with one attached hydrogen (secondary N) is 1. The highest BCUT2D eigenvalue weighted by molar-refractivity contribution is 9.10. The second kappa shape index (κ2) is 6.07. The molecule has 5 heteroatoms. The van der Waals surface area contributed by atoms with Crippen LogP contribution in [0.2, 0.25) is 0 Å². The minimum absolute atomic E-state index is 0.0472. The molecule has 1 aromatic rings. The van der Waals surface area contributed by atoms with Crippen molar-refractivity contribution in [1.29, 1.82) is 0 Å². The fourth-order valence-corrected chi connectivity index (χ4v) is 3.03. The van der Waals surface area contributed by atoms with Crippen LogP contribution in [0.15, 0.2) is 28.7 Å². The summed E-state index contributed by atoms with van der Waals surface area (Å²) in [6, 6.07) is 7.86. The number of rotatable bonds is 5. The van der Waals surface area contributed by atoms with Crippen molar-refractivity contribution in [2.75, 3.05) is 6.61 Å². The predicted octanol–water partition coefficient (Wildman–Crippen LogP) is 2.60. The van der Waals surface area contributed by atoms with Crippen molar-refractivity contribution >= 4 is 21.8 Å². The number of ether oxygens (including phenoxy) is 1. The molecule has 0 aliphatic heterocycles. The molecule has 0 saturated heterocycles. The minimum atomic E-state index is -0.859. The minimum Gasteiger partial charge on any atom is -0.378 e. The molecule has 0 heterocycles. The van der Waals surface area contributed by atoms with E-state index in [2.05, 4.69) is 21.2 Å². The first-order valence-electron chi connectivity index (χ1n) is 7.24. The van der Waals surface area contributed by atoms with Gasteiger partial charge in [0, 0.05) is 29.5 Å². The monoisotopic (exact) mass is 354 g/mol. The normalized spacial score (nSPS) is 27.0. The van der Waals surface area contributed by atoms with Gasteiger partial charge >= 0.3 is 0 Å². The standard InChI is InChI=1S/C16H23BrN2O2/c1-4-21-13-9-16(18,15(13,2)3)14(20)19-10-11-5-7-12(17)8-6-11/h5-8,13H,4,9-10,18H2,1-3H3,(H,19,20). The zero-order valence-electron chi connectivity index (χ0n) is 12.8. The zero-order valence-corrected chi connectivity index (χ0v) is 14.4. The van der Waals surface area contributed by atoms with E-state index in [0.29, 0.717) is 19.6 Å². The van der Waals surface area contributed by atoms with E-state index >= 15 is 0 Å². The summed E-state index contributed by atoms with van der Waals surface area (Å²) >= 11 is 3.39. The number of benzene rings is 1. The molecule has 0 bridgehead atoms. The largest absolute Gasteiger partial charge is 0.378 e. The van der Waals surface area contributed by atoms with Crippen LogP contribution < -0.4 is 11.1 Å². The van der Waals surface area contributed by atoms with Crippen molar-refractivity contribution in [3.05, 3.63) is 34.3 Å². The highest BCUT2D eigenvalue weighted by Gasteiger charge is 2.62. The fourth-order valence-electron chi connectivity index (χ4n) is 2.76. The predicted molar refractivity (Wildman–Crippen MR) is 86.7 cm³/mol. The lowest BCUT2D eigenvalue weighted by Gasteiger charge is -2.57. The molecule has 2 rings (SSSR count). The van der Waals surface area contributed by atoms with E-state index < -0.39 is 5.54 Å². The summed E-state index contributed by atoms with van der Waals surface area (Å²) in [7, 11) is 0. The lowest BCUT2D eigenvalue weighted by Crippen LogP contribution is -2.75. The van der Waals surface area contributed by atoms with Crippen molar-refractivity contribution in [1.82, 2.24) is 5.32 Å². The number of carbonyl (C=O) groups excluding carboxylic acids is 1. The van der Waals surface area contributed by atoms with Gasteiger partial charge in [0.05, 0.1) is 6.10 Å². The summed E-state index contributed by atoms with van der Waals surface area (Å²) < 4.78 is 6.67. The van der Waals surface area contributed by atoms with E-state index in [4.69, 9.17) is 10.5 Å². The first-order chi connectivity index (χ1) is 9.81. The van der Waals surface area contributed by atoms with E-state index in [1.54, 1.807) is 0 Å². The maximum Gasteiger partial charge on any atom is 0.241 e. The van der Waals surface area contributed by atoms with Crippen LogP contribution in [0.1, 0.15) is 32.8 Å². The summed E-state index contributed by atoms with van der Waals surface area (Å²) in [5.74, 6) is -0.105. The molecule has 1 aliphatic rings. The molecule has 2 unspecified atom stereocenters. The maximum absolute atomic E-state index is 12.5. The average Bonchev–Trinajstić information content (AvgIpc) is 2.45. The summed E-state index contributed by atoms with van der Waals surface area (Å²) in [5, 5.41) is 2.94. The van der Waals surface area contributed by atoms with E-state index in [1.807, 2.05) is 45.0 Å². The topological polar surface area (TPSA) is 64.3 Å². The summed E-state index contributed by atoms with van der Waals surface area (Å²) in [4.78, 5) is 12.5. The van der Waals surface area contributed by atoms with Crippen LogP contribution in [-0.4, -0.2) is 24.2 Å². The molecule has 116 valence electrons. The van der Waals surface area contributed by atoms with E-state index in [-0.39, 0.29) is 17.4 Å². The summed E-state index contributed by atoms with van der Waals surface area (Å²) in [6.45, 7) is 7.08. The van der Waals surface area contributed by atoms with Crippen LogP contribution in [0.3, 0.4) is 0 Å². The highest BCUT2D eigenvalue weighted by Crippen LogP contribution is 2.49. The number of carbonyl (C=O) groups is 1. The smallest absolute Gasteiger partial charge is 0.241 e. The molecule has 1 saturated carbocycles. The number of amides is 1. The lowest BCUT2D eigenvalue weighted by molar-refractivity contribution is -0.170. The van der Waals surface area contributed by atoms with Crippen LogP contribution in [0.25, 0.3) is 0 Å². The first-order valence-corrected chi connectivity index (χ1v) is 8.04. The van der Waals surface area contributed by atoms with Crippen molar-refractivity contribution < 1.29 is 9.53 Å². The van der Waals surface area contributed by atoms with Gasteiger partial charge in [-0.3, -0.25) is 4.79 Å². The molecule has 21 heavy (non-hydrogen) atoms. The molecule has 0 aromatic heterocycles. The van der Waals surface area contributed by atoms with E-state index in [0.717, 1.165) is 10.0 Å². The molecular formula is C16H23BrN2O2. The van der Waals surface area contributed by atoms with Crippen molar-refractivity contribution in [3.63, 3.8) is 0 Å².